The molecule has 4 aromatic rings. The number of carbonyl (C=O) groups is 1. The molecule has 2 aliphatic heterocycles. The summed E-state index contributed by atoms with van der Waals surface area (Å²) in [4.78, 5) is 21.6. The van der Waals surface area contributed by atoms with Gasteiger partial charge in [-0.15, -0.1) is 0 Å². The van der Waals surface area contributed by atoms with Gasteiger partial charge in [-0.05, 0) is 98.8 Å². The molecule has 1 amide bonds. The second-order valence-electron chi connectivity index (χ2n) is 10.5. The van der Waals surface area contributed by atoms with Gasteiger partial charge in [-0.25, -0.2) is 0 Å². The summed E-state index contributed by atoms with van der Waals surface area (Å²) >= 11 is 0. The average Bonchev–Trinajstić information content (AvgIpc) is 3.35. The predicted molar refractivity (Wildman–Crippen MR) is 155 cm³/mol. The average molecular weight is 509 g/mol. The third-order valence-electron chi connectivity index (χ3n) is 7.83. The molecule has 6 nitrogen and oxygen atoms in total. The monoisotopic (exact) mass is 508 g/mol. The Morgan fingerprint density at radius 1 is 0.974 bits per heavy atom. The minimum Gasteiger partial charge on any atom is -0.492 e. The van der Waals surface area contributed by atoms with Crippen LogP contribution >= 0.6 is 0 Å². The number of aromatic nitrogens is 1. The predicted octanol–water partition coefficient (Wildman–Crippen LogP) is 6.55. The van der Waals surface area contributed by atoms with E-state index in [9.17, 15) is 4.79 Å². The maximum Gasteiger partial charge on any atom is 0.258 e. The summed E-state index contributed by atoms with van der Waals surface area (Å²) in [6.07, 6.45) is 6.68. The lowest BCUT2D eigenvalue weighted by molar-refractivity contribution is 0.0986. The number of hydrogen-bond donors (Lipinski definition) is 2. The van der Waals surface area contributed by atoms with E-state index in [2.05, 4.69) is 46.4 Å². The van der Waals surface area contributed by atoms with Crippen LogP contribution < -0.4 is 15.0 Å². The molecule has 0 radical (unpaired) electrons. The molecule has 0 saturated carbocycles. The van der Waals surface area contributed by atoms with Gasteiger partial charge in [-0.1, -0.05) is 24.6 Å². The Kier molecular flexibility index (Phi) is 7.06. The van der Waals surface area contributed by atoms with Gasteiger partial charge in [0.05, 0.1) is 11.4 Å². The number of nitrogens with zero attached hydrogens (tertiary/aromatic N) is 2. The Morgan fingerprint density at radius 3 is 2.74 bits per heavy atom. The zero-order chi connectivity index (χ0) is 25.9. The summed E-state index contributed by atoms with van der Waals surface area (Å²) in [6.45, 7) is 6.61. The molecule has 3 heterocycles. The number of anilines is 2. The van der Waals surface area contributed by atoms with E-state index in [1.165, 1.54) is 19.3 Å². The number of hydrogen-bond acceptors (Lipinski definition) is 4. The number of amides is 1. The van der Waals surface area contributed by atoms with Gasteiger partial charge in [0.25, 0.3) is 5.91 Å². The third-order valence-corrected chi connectivity index (χ3v) is 7.83. The fourth-order valence-corrected chi connectivity index (χ4v) is 5.68. The van der Waals surface area contributed by atoms with Crippen molar-refractivity contribution in [3.8, 4) is 16.9 Å². The molecular weight excluding hydrogens is 472 g/mol. The van der Waals surface area contributed by atoms with Crippen LogP contribution in [0.15, 0.2) is 72.9 Å². The molecule has 3 aromatic carbocycles. The first kappa shape index (κ1) is 24.6. The van der Waals surface area contributed by atoms with Crippen molar-refractivity contribution in [3.63, 3.8) is 0 Å². The first-order valence-electron chi connectivity index (χ1n) is 13.9. The largest absolute Gasteiger partial charge is 0.492 e. The molecule has 1 unspecified atom stereocenters. The minimum atomic E-state index is 0.00173. The Morgan fingerprint density at radius 2 is 1.84 bits per heavy atom. The van der Waals surface area contributed by atoms with Crippen molar-refractivity contribution in [2.45, 2.75) is 38.6 Å². The van der Waals surface area contributed by atoms with Crippen molar-refractivity contribution in [2.24, 2.45) is 0 Å². The zero-order valence-corrected chi connectivity index (χ0v) is 22.1. The number of benzene rings is 3. The molecule has 196 valence electrons. The van der Waals surface area contributed by atoms with Crippen LogP contribution in [0.25, 0.3) is 22.0 Å². The lowest BCUT2D eigenvalue weighted by Gasteiger charge is -2.26. The van der Waals surface area contributed by atoms with Crippen molar-refractivity contribution < 1.29 is 9.53 Å². The highest BCUT2D eigenvalue weighted by molar-refractivity contribution is 6.08. The number of ether oxygens (including phenoxy) is 1. The van der Waals surface area contributed by atoms with Gasteiger partial charge in [-0.2, -0.15) is 0 Å². The van der Waals surface area contributed by atoms with Gasteiger partial charge in [0.15, 0.2) is 0 Å². The maximum absolute atomic E-state index is 13.9. The minimum absolute atomic E-state index is 0.00173. The molecule has 0 spiro atoms. The number of H-pyrrole nitrogens is 1. The van der Waals surface area contributed by atoms with Gasteiger partial charge in [0.1, 0.15) is 12.4 Å². The van der Waals surface area contributed by atoms with E-state index in [1.807, 2.05) is 53.6 Å². The summed E-state index contributed by atoms with van der Waals surface area (Å²) in [5, 5.41) is 4.70. The summed E-state index contributed by atoms with van der Waals surface area (Å²) < 4.78 is 6.44. The van der Waals surface area contributed by atoms with Crippen LogP contribution in [0.5, 0.6) is 5.75 Å². The van der Waals surface area contributed by atoms with Gasteiger partial charge in [0, 0.05) is 42.0 Å². The van der Waals surface area contributed by atoms with E-state index in [4.69, 9.17) is 4.74 Å². The lowest BCUT2D eigenvalue weighted by atomic mass is 10.0. The molecule has 1 atom stereocenters. The zero-order valence-electron chi connectivity index (χ0n) is 22.1. The SMILES string of the molecule is CC1CCN(C(=O)c2ccc(-c3ccc4[nH]ccc4c3)c(OCCN3CCCCC3)c2)c2ccccc2N1. The summed E-state index contributed by atoms with van der Waals surface area (Å²) in [6, 6.07) is 22.8. The number of aromatic amines is 1. The third kappa shape index (κ3) is 5.14. The van der Waals surface area contributed by atoms with Crippen LogP contribution in [0.3, 0.4) is 0 Å². The quantitative estimate of drug-likeness (QED) is 0.310. The molecule has 6 heteroatoms. The fourth-order valence-electron chi connectivity index (χ4n) is 5.68. The van der Waals surface area contributed by atoms with E-state index < -0.39 is 0 Å². The Hall–Kier alpha value is -3.77. The molecule has 6 rings (SSSR count). The molecule has 2 N–H and O–H groups in total. The molecule has 0 aliphatic carbocycles. The second kappa shape index (κ2) is 10.9. The van der Waals surface area contributed by atoms with E-state index in [1.54, 1.807) is 0 Å². The summed E-state index contributed by atoms with van der Waals surface area (Å²) in [5.74, 6) is 0.763. The maximum atomic E-state index is 13.9. The number of nitrogens with one attached hydrogen (secondary N) is 2. The first-order valence-corrected chi connectivity index (χ1v) is 13.9. The number of likely N-dealkylation sites (tertiary alicyclic amines) is 1. The highest BCUT2D eigenvalue weighted by atomic mass is 16.5. The number of carbonyl (C=O) groups excluding carboxylic acids is 1. The van der Waals surface area contributed by atoms with Crippen molar-refractivity contribution >= 4 is 28.2 Å². The highest BCUT2D eigenvalue weighted by Gasteiger charge is 2.25. The summed E-state index contributed by atoms with van der Waals surface area (Å²) in [7, 11) is 0. The molecule has 1 fully saturated rings. The normalized spacial score (nSPS) is 18.0. The molecule has 38 heavy (non-hydrogen) atoms. The number of para-hydroxylation sites is 2. The molecule has 0 bridgehead atoms. The smallest absolute Gasteiger partial charge is 0.258 e. The summed E-state index contributed by atoms with van der Waals surface area (Å²) in [5.41, 5.74) is 5.78. The lowest BCUT2D eigenvalue weighted by Crippen LogP contribution is -2.33. The van der Waals surface area contributed by atoms with Crippen molar-refractivity contribution in [3.05, 3.63) is 78.5 Å². The number of piperidine rings is 1. The Labute approximate surface area is 224 Å². The van der Waals surface area contributed by atoms with Crippen LogP contribution in [-0.4, -0.2) is 54.6 Å². The van der Waals surface area contributed by atoms with Gasteiger partial charge in [0.2, 0.25) is 0 Å². The number of rotatable bonds is 6. The van der Waals surface area contributed by atoms with Crippen LogP contribution in [0.1, 0.15) is 43.0 Å². The second-order valence-corrected chi connectivity index (χ2v) is 10.5. The number of fused-ring (bicyclic) bond motifs is 2. The highest BCUT2D eigenvalue weighted by Crippen LogP contribution is 2.35. The van der Waals surface area contributed by atoms with Crippen molar-refractivity contribution in [2.75, 3.05) is 43.0 Å². The fraction of sp³-hybridized carbons (Fsp3) is 0.344. The van der Waals surface area contributed by atoms with E-state index >= 15 is 0 Å². The standard InChI is InChI=1S/C32H36N4O2/c1-23-14-18-36(30-8-4-3-7-29(30)34-23)32(37)26-9-11-27(24-10-12-28-25(21-24)13-15-33-28)31(22-26)38-20-19-35-16-5-2-6-17-35/h3-4,7-13,15,21-23,33-34H,2,5-6,14,16-20H2,1H3. The Bertz CT molecular complexity index is 1420. The molecular formula is C32H36N4O2. The van der Waals surface area contributed by atoms with Gasteiger partial charge < -0.3 is 19.9 Å². The molecule has 2 aliphatic rings. The van der Waals surface area contributed by atoms with E-state index in [0.717, 1.165) is 65.2 Å². The van der Waals surface area contributed by atoms with Crippen LogP contribution in [0.4, 0.5) is 11.4 Å². The van der Waals surface area contributed by atoms with Crippen molar-refractivity contribution in [1.82, 2.24) is 9.88 Å². The van der Waals surface area contributed by atoms with Gasteiger partial charge >= 0.3 is 0 Å². The Balaban J connectivity index is 1.31. The first-order chi connectivity index (χ1) is 18.7. The van der Waals surface area contributed by atoms with E-state index in [-0.39, 0.29) is 5.91 Å². The van der Waals surface area contributed by atoms with Crippen molar-refractivity contribution in [1.29, 1.82) is 0 Å². The van der Waals surface area contributed by atoms with Gasteiger partial charge in [-0.3, -0.25) is 9.69 Å². The molecule has 1 saturated heterocycles. The van der Waals surface area contributed by atoms with Crippen LogP contribution in [0.2, 0.25) is 0 Å². The van der Waals surface area contributed by atoms with E-state index in [0.29, 0.717) is 24.8 Å². The van der Waals surface area contributed by atoms with Crippen LogP contribution in [0, 0.1) is 0 Å². The molecule has 1 aromatic heterocycles. The topological polar surface area (TPSA) is 60.6 Å². The van der Waals surface area contributed by atoms with Crippen LogP contribution in [-0.2, 0) is 0 Å².